The summed E-state index contributed by atoms with van der Waals surface area (Å²) in [6, 6.07) is 6.54. The van der Waals surface area contributed by atoms with Crippen molar-refractivity contribution in [3.05, 3.63) is 42.0 Å². The van der Waals surface area contributed by atoms with Gasteiger partial charge in [0, 0.05) is 6.61 Å². The van der Waals surface area contributed by atoms with Crippen LogP contribution in [0.4, 0.5) is 0 Å². The molecule has 18 heavy (non-hydrogen) atoms. The average Bonchev–Trinajstić information content (AvgIpc) is 2.34. The van der Waals surface area contributed by atoms with Gasteiger partial charge in [-0.05, 0) is 31.9 Å². The fraction of sp³-hybridized carbons (Fsp3) is 0.385. The van der Waals surface area contributed by atoms with Gasteiger partial charge in [0.1, 0.15) is 0 Å². The van der Waals surface area contributed by atoms with E-state index in [1.165, 1.54) is 12.1 Å². The summed E-state index contributed by atoms with van der Waals surface area (Å²) in [5.41, 5.74) is 1.00. The lowest BCUT2D eigenvalue weighted by molar-refractivity contribution is 0.302. The Kier molecular flexibility index (Phi) is 6.04. The van der Waals surface area contributed by atoms with Gasteiger partial charge in [0.25, 0.3) is 10.1 Å². The summed E-state index contributed by atoms with van der Waals surface area (Å²) < 4.78 is 28.4. The van der Waals surface area contributed by atoms with Crippen molar-refractivity contribution in [1.82, 2.24) is 0 Å². The molecule has 100 valence electrons. The minimum atomic E-state index is -3.65. The number of benzene rings is 1. The highest BCUT2D eigenvalue weighted by atomic mass is 32.2. The van der Waals surface area contributed by atoms with Crippen LogP contribution in [0.25, 0.3) is 0 Å². The van der Waals surface area contributed by atoms with Gasteiger partial charge in [0.15, 0.2) is 0 Å². The van der Waals surface area contributed by atoms with Crippen LogP contribution >= 0.6 is 0 Å². The molecule has 1 aromatic rings. The van der Waals surface area contributed by atoms with Gasteiger partial charge in [-0.15, -0.1) is 0 Å². The summed E-state index contributed by atoms with van der Waals surface area (Å²) in [5.74, 6) is 0. The molecule has 0 heterocycles. The smallest absolute Gasteiger partial charge is 0.296 e. The monoisotopic (exact) mass is 270 g/mol. The Morgan fingerprint density at radius 1 is 1.17 bits per heavy atom. The highest BCUT2D eigenvalue weighted by Crippen LogP contribution is 2.13. The Labute approximate surface area is 108 Å². The molecule has 0 atom stereocenters. The zero-order chi connectivity index (χ0) is 13.4. The summed E-state index contributed by atoms with van der Waals surface area (Å²) in [6.07, 6.45) is 4.67. The van der Waals surface area contributed by atoms with E-state index in [9.17, 15) is 8.42 Å². The van der Waals surface area contributed by atoms with Gasteiger partial charge in [-0.1, -0.05) is 29.8 Å². The first-order chi connectivity index (χ1) is 8.56. The highest BCUT2D eigenvalue weighted by Gasteiger charge is 2.13. The topological polar surface area (TPSA) is 63.6 Å². The first kappa shape index (κ1) is 14.9. The minimum Gasteiger partial charge on any atom is -0.396 e. The fourth-order valence-corrected chi connectivity index (χ4v) is 2.23. The van der Waals surface area contributed by atoms with Gasteiger partial charge in [0.05, 0.1) is 11.5 Å². The van der Waals surface area contributed by atoms with E-state index >= 15 is 0 Å². The van der Waals surface area contributed by atoms with Crippen molar-refractivity contribution in [2.24, 2.45) is 0 Å². The van der Waals surface area contributed by atoms with Crippen molar-refractivity contribution < 1.29 is 17.7 Å². The molecule has 1 aromatic carbocycles. The quantitative estimate of drug-likeness (QED) is 0.468. The number of hydrogen-bond acceptors (Lipinski definition) is 4. The fourth-order valence-electron chi connectivity index (χ4n) is 1.31. The zero-order valence-corrected chi connectivity index (χ0v) is 11.2. The largest absolute Gasteiger partial charge is 0.396 e. The molecule has 0 aliphatic rings. The van der Waals surface area contributed by atoms with Crippen LogP contribution in [-0.2, 0) is 14.3 Å². The SMILES string of the molecule is Cc1ccc(S(=O)(=O)OCCC=CCCO)cc1. The molecule has 0 unspecified atom stereocenters. The molecular formula is C13H18O4S. The molecule has 0 aliphatic heterocycles. The van der Waals surface area contributed by atoms with Gasteiger partial charge in [-0.2, -0.15) is 8.42 Å². The van der Waals surface area contributed by atoms with Crippen LogP contribution in [-0.4, -0.2) is 26.7 Å². The molecule has 0 bridgehead atoms. The Bertz CT molecular complexity index is 474. The van der Waals surface area contributed by atoms with Crippen molar-refractivity contribution >= 4 is 10.1 Å². The lowest BCUT2D eigenvalue weighted by Gasteiger charge is -2.04. The predicted octanol–water partition coefficient (Wildman–Crippen LogP) is 2.03. The molecule has 0 aliphatic carbocycles. The van der Waals surface area contributed by atoms with Crippen LogP contribution in [0.2, 0.25) is 0 Å². The van der Waals surface area contributed by atoms with Crippen molar-refractivity contribution in [2.45, 2.75) is 24.7 Å². The van der Waals surface area contributed by atoms with Crippen LogP contribution in [0.3, 0.4) is 0 Å². The molecular weight excluding hydrogens is 252 g/mol. The maximum Gasteiger partial charge on any atom is 0.296 e. The van der Waals surface area contributed by atoms with Gasteiger partial charge in [-0.3, -0.25) is 4.18 Å². The molecule has 0 radical (unpaired) electrons. The second-order valence-corrected chi connectivity index (χ2v) is 5.48. The second kappa shape index (κ2) is 7.31. The third-order valence-corrected chi connectivity index (χ3v) is 3.62. The van der Waals surface area contributed by atoms with Crippen LogP contribution in [0.5, 0.6) is 0 Å². The first-order valence-corrected chi connectivity index (χ1v) is 7.19. The van der Waals surface area contributed by atoms with Gasteiger partial charge in [0.2, 0.25) is 0 Å². The van der Waals surface area contributed by atoms with E-state index in [0.717, 1.165) is 5.56 Å². The minimum absolute atomic E-state index is 0.0963. The number of aliphatic hydroxyl groups excluding tert-OH is 1. The molecule has 0 amide bonds. The lowest BCUT2D eigenvalue weighted by Crippen LogP contribution is -2.07. The van der Waals surface area contributed by atoms with Crippen molar-refractivity contribution in [3.8, 4) is 0 Å². The standard InChI is InChI=1S/C13H18O4S/c1-12-6-8-13(9-7-12)18(15,16)17-11-5-3-2-4-10-14/h2-3,6-9,14H,4-5,10-11H2,1H3. The van der Waals surface area contributed by atoms with Crippen molar-refractivity contribution in [2.75, 3.05) is 13.2 Å². The lowest BCUT2D eigenvalue weighted by atomic mass is 10.2. The van der Waals surface area contributed by atoms with Crippen LogP contribution in [0.15, 0.2) is 41.3 Å². The van der Waals surface area contributed by atoms with Gasteiger partial charge < -0.3 is 5.11 Å². The van der Waals surface area contributed by atoms with E-state index in [2.05, 4.69) is 0 Å². The maximum absolute atomic E-state index is 11.7. The first-order valence-electron chi connectivity index (χ1n) is 5.78. The van der Waals surface area contributed by atoms with E-state index in [0.29, 0.717) is 12.8 Å². The Hall–Kier alpha value is -1.17. The summed E-state index contributed by atoms with van der Waals surface area (Å²) in [4.78, 5) is 0.174. The highest BCUT2D eigenvalue weighted by molar-refractivity contribution is 7.86. The molecule has 1 N–H and O–H groups in total. The molecule has 0 saturated heterocycles. The Morgan fingerprint density at radius 2 is 1.78 bits per heavy atom. The van der Waals surface area contributed by atoms with Crippen LogP contribution < -0.4 is 0 Å². The van der Waals surface area contributed by atoms with Crippen LogP contribution in [0, 0.1) is 6.92 Å². The molecule has 0 spiro atoms. The third-order valence-electron chi connectivity index (χ3n) is 2.30. The van der Waals surface area contributed by atoms with Gasteiger partial charge in [-0.25, -0.2) is 0 Å². The summed E-state index contributed by atoms with van der Waals surface area (Å²) in [5, 5.41) is 8.54. The molecule has 1 rings (SSSR count). The number of rotatable bonds is 7. The number of aryl methyl sites for hydroxylation is 1. The molecule has 5 heteroatoms. The molecule has 0 saturated carbocycles. The Morgan fingerprint density at radius 3 is 2.39 bits per heavy atom. The van der Waals surface area contributed by atoms with E-state index < -0.39 is 10.1 Å². The number of aliphatic hydroxyl groups is 1. The normalized spacial score (nSPS) is 12.1. The summed E-state index contributed by atoms with van der Waals surface area (Å²) in [7, 11) is -3.65. The maximum atomic E-state index is 11.7. The zero-order valence-electron chi connectivity index (χ0n) is 10.4. The predicted molar refractivity (Wildman–Crippen MR) is 69.8 cm³/mol. The van der Waals surface area contributed by atoms with Gasteiger partial charge >= 0.3 is 0 Å². The number of hydrogen-bond donors (Lipinski definition) is 1. The van der Waals surface area contributed by atoms with Crippen LogP contribution in [0.1, 0.15) is 18.4 Å². The van der Waals surface area contributed by atoms with Crippen molar-refractivity contribution in [1.29, 1.82) is 0 Å². The summed E-state index contributed by atoms with van der Waals surface area (Å²) >= 11 is 0. The third kappa shape index (κ3) is 5.00. The van der Waals surface area contributed by atoms with E-state index in [4.69, 9.17) is 9.29 Å². The molecule has 0 aromatic heterocycles. The van der Waals surface area contributed by atoms with E-state index in [1.54, 1.807) is 24.3 Å². The molecule has 0 fully saturated rings. The second-order valence-electron chi connectivity index (χ2n) is 3.86. The molecule has 4 nitrogen and oxygen atoms in total. The Balaban J connectivity index is 2.48. The van der Waals surface area contributed by atoms with E-state index in [-0.39, 0.29) is 18.1 Å². The van der Waals surface area contributed by atoms with Crippen molar-refractivity contribution in [3.63, 3.8) is 0 Å². The summed E-state index contributed by atoms with van der Waals surface area (Å²) in [6.45, 7) is 2.10. The van der Waals surface area contributed by atoms with E-state index in [1.807, 2.05) is 6.92 Å². The average molecular weight is 270 g/mol.